The largest absolute Gasteiger partial charge is 0.480 e. The highest BCUT2D eigenvalue weighted by Gasteiger charge is 2.38. The summed E-state index contributed by atoms with van der Waals surface area (Å²) in [4.78, 5) is 10.5. The molecule has 1 atom stereocenters. The van der Waals surface area contributed by atoms with Crippen LogP contribution in [0.3, 0.4) is 0 Å². The number of hydrogen-bond acceptors (Lipinski definition) is 2. The molecule has 112 valence electrons. The summed E-state index contributed by atoms with van der Waals surface area (Å²) in [5.41, 5.74) is 1.50. The fourth-order valence-corrected chi connectivity index (χ4v) is 1.52. The Morgan fingerprint density at radius 3 is 2.10 bits per heavy atom. The van der Waals surface area contributed by atoms with Crippen molar-refractivity contribution in [3.63, 3.8) is 0 Å². The summed E-state index contributed by atoms with van der Waals surface area (Å²) in [6, 6.07) is -0.634. The number of benzene rings is 1. The van der Waals surface area contributed by atoms with E-state index in [0.29, 0.717) is 12.1 Å². The first-order chi connectivity index (χ1) is 8.93. The third-order valence-electron chi connectivity index (χ3n) is 2.50. The Morgan fingerprint density at radius 2 is 1.70 bits per heavy atom. The SMILES string of the molecule is N[C@@H](Cc1ccc(C(F)(F)F)cc1C(F)(F)F)C(=O)O. The highest BCUT2D eigenvalue weighted by molar-refractivity contribution is 5.73. The molecule has 0 bridgehead atoms. The lowest BCUT2D eigenvalue weighted by Gasteiger charge is -2.17. The summed E-state index contributed by atoms with van der Waals surface area (Å²) < 4.78 is 75.3. The molecule has 0 aliphatic rings. The van der Waals surface area contributed by atoms with E-state index in [9.17, 15) is 31.1 Å². The molecule has 1 rings (SSSR count). The quantitative estimate of drug-likeness (QED) is 0.844. The molecular weight excluding hydrogens is 292 g/mol. The average Bonchev–Trinajstić information content (AvgIpc) is 2.26. The fraction of sp³-hybridized carbons (Fsp3) is 0.364. The molecular formula is C11H9F6NO2. The number of rotatable bonds is 3. The van der Waals surface area contributed by atoms with Crippen LogP contribution >= 0.6 is 0 Å². The van der Waals surface area contributed by atoms with Crippen molar-refractivity contribution in [2.45, 2.75) is 24.8 Å². The first-order valence-corrected chi connectivity index (χ1v) is 5.18. The van der Waals surface area contributed by atoms with E-state index in [1.54, 1.807) is 0 Å². The molecule has 0 aromatic heterocycles. The molecule has 1 aromatic carbocycles. The Kier molecular flexibility index (Phi) is 4.33. The van der Waals surface area contributed by atoms with Crippen LogP contribution in [0.2, 0.25) is 0 Å². The molecule has 1 aromatic rings. The van der Waals surface area contributed by atoms with Crippen LogP contribution in [0.1, 0.15) is 16.7 Å². The lowest BCUT2D eigenvalue weighted by Crippen LogP contribution is -2.33. The molecule has 0 heterocycles. The first-order valence-electron chi connectivity index (χ1n) is 5.18. The van der Waals surface area contributed by atoms with E-state index >= 15 is 0 Å². The highest BCUT2D eigenvalue weighted by Crippen LogP contribution is 2.37. The third-order valence-corrected chi connectivity index (χ3v) is 2.50. The van der Waals surface area contributed by atoms with Gasteiger partial charge in [-0.15, -0.1) is 0 Å². The summed E-state index contributed by atoms with van der Waals surface area (Å²) in [7, 11) is 0. The van der Waals surface area contributed by atoms with Gasteiger partial charge in [-0.25, -0.2) is 0 Å². The monoisotopic (exact) mass is 301 g/mol. The molecule has 0 aliphatic carbocycles. The molecule has 0 spiro atoms. The van der Waals surface area contributed by atoms with Crippen molar-refractivity contribution in [1.29, 1.82) is 0 Å². The smallest absolute Gasteiger partial charge is 0.416 e. The maximum Gasteiger partial charge on any atom is 0.416 e. The van der Waals surface area contributed by atoms with Crippen molar-refractivity contribution in [3.8, 4) is 0 Å². The first kappa shape index (κ1) is 16.3. The molecule has 9 heteroatoms. The molecule has 0 amide bonds. The average molecular weight is 301 g/mol. The number of carboxylic acids is 1. The Balaban J connectivity index is 3.28. The minimum Gasteiger partial charge on any atom is -0.480 e. The van der Waals surface area contributed by atoms with Crippen LogP contribution in [0.4, 0.5) is 26.3 Å². The van der Waals surface area contributed by atoms with Crippen LogP contribution in [0, 0.1) is 0 Å². The topological polar surface area (TPSA) is 63.3 Å². The Bertz CT molecular complexity index is 509. The molecule has 0 fully saturated rings. The second-order valence-electron chi connectivity index (χ2n) is 4.02. The van der Waals surface area contributed by atoms with Crippen LogP contribution in [0.5, 0.6) is 0 Å². The van der Waals surface area contributed by atoms with Crippen molar-refractivity contribution in [2.75, 3.05) is 0 Å². The minimum absolute atomic E-state index is 0.0517. The summed E-state index contributed by atoms with van der Waals surface area (Å²) in [6.07, 6.45) is -10.7. The van der Waals surface area contributed by atoms with Gasteiger partial charge in [-0.05, 0) is 24.1 Å². The zero-order valence-electron chi connectivity index (χ0n) is 9.72. The summed E-state index contributed by atoms with van der Waals surface area (Å²) in [6.45, 7) is 0. The lowest BCUT2D eigenvalue weighted by molar-refractivity contribution is -0.144. The van der Waals surface area contributed by atoms with Gasteiger partial charge in [0, 0.05) is 0 Å². The summed E-state index contributed by atoms with van der Waals surface area (Å²) in [5, 5.41) is 8.53. The van der Waals surface area contributed by atoms with Crippen molar-refractivity contribution in [1.82, 2.24) is 0 Å². The molecule has 0 unspecified atom stereocenters. The fourth-order valence-electron chi connectivity index (χ4n) is 1.52. The van der Waals surface area contributed by atoms with Crippen molar-refractivity contribution >= 4 is 5.97 Å². The van der Waals surface area contributed by atoms with Gasteiger partial charge < -0.3 is 10.8 Å². The molecule has 0 aliphatic heterocycles. The van der Waals surface area contributed by atoms with Crippen LogP contribution in [0.15, 0.2) is 18.2 Å². The summed E-state index contributed by atoms with van der Waals surface area (Å²) in [5.74, 6) is -1.54. The number of carboxylic acid groups (broad SMARTS) is 1. The maximum absolute atomic E-state index is 12.7. The lowest BCUT2D eigenvalue weighted by atomic mass is 9.97. The van der Waals surface area contributed by atoms with Crippen molar-refractivity contribution in [3.05, 3.63) is 34.9 Å². The predicted octanol–water partition coefficient (Wildman–Crippen LogP) is 2.68. The number of halogens is 6. The Morgan fingerprint density at radius 1 is 1.15 bits per heavy atom. The van der Waals surface area contributed by atoms with Gasteiger partial charge in [-0.2, -0.15) is 26.3 Å². The second-order valence-corrected chi connectivity index (χ2v) is 4.02. The van der Waals surface area contributed by atoms with Gasteiger partial charge in [0.15, 0.2) is 0 Å². The van der Waals surface area contributed by atoms with Crippen LogP contribution in [0.25, 0.3) is 0 Å². The van der Waals surface area contributed by atoms with E-state index in [4.69, 9.17) is 10.8 Å². The number of hydrogen-bond donors (Lipinski definition) is 2. The maximum atomic E-state index is 12.7. The molecule has 0 saturated heterocycles. The number of nitrogens with two attached hydrogens (primary N) is 1. The third kappa shape index (κ3) is 3.86. The molecule has 3 nitrogen and oxygen atoms in total. The van der Waals surface area contributed by atoms with E-state index < -0.39 is 47.5 Å². The zero-order chi connectivity index (χ0) is 15.7. The number of aliphatic carboxylic acids is 1. The van der Waals surface area contributed by atoms with Gasteiger partial charge in [0.05, 0.1) is 11.1 Å². The van der Waals surface area contributed by atoms with Gasteiger partial charge >= 0.3 is 18.3 Å². The number of carbonyl (C=O) groups is 1. The van der Waals surface area contributed by atoms with E-state index in [0.717, 1.165) is 0 Å². The molecule has 20 heavy (non-hydrogen) atoms. The van der Waals surface area contributed by atoms with Gasteiger partial charge in [0.25, 0.3) is 0 Å². The van der Waals surface area contributed by atoms with Gasteiger partial charge in [-0.3, -0.25) is 4.79 Å². The van der Waals surface area contributed by atoms with Gasteiger partial charge in [0.1, 0.15) is 6.04 Å². The van der Waals surface area contributed by atoms with E-state index in [2.05, 4.69) is 0 Å². The number of alkyl halides is 6. The second kappa shape index (κ2) is 5.31. The predicted molar refractivity (Wildman–Crippen MR) is 55.8 cm³/mol. The standard InChI is InChI=1S/C11H9F6NO2/c12-10(13,14)6-2-1-5(3-8(18)9(19)20)7(4-6)11(15,16)17/h1-2,4,8H,3,18H2,(H,19,20)/t8-/m0/s1. The molecule has 3 N–H and O–H groups in total. The Hall–Kier alpha value is -1.77. The van der Waals surface area contributed by atoms with Crippen molar-refractivity contribution in [2.24, 2.45) is 5.73 Å². The van der Waals surface area contributed by atoms with E-state index in [1.807, 2.05) is 0 Å². The minimum atomic E-state index is -5.03. The highest BCUT2D eigenvalue weighted by atomic mass is 19.4. The molecule has 0 radical (unpaired) electrons. The van der Waals surface area contributed by atoms with Crippen molar-refractivity contribution < 1.29 is 36.2 Å². The normalized spacial score (nSPS) is 14.2. The van der Waals surface area contributed by atoms with Gasteiger partial charge in [-0.1, -0.05) is 6.07 Å². The van der Waals surface area contributed by atoms with E-state index in [1.165, 1.54) is 0 Å². The summed E-state index contributed by atoms with van der Waals surface area (Å²) >= 11 is 0. The van der Waals surface area contributed by atoms with Gasteiger partial charge in [0.2, 0.25) is 0 Å². The van der Waals surface area contributed by atoms with E-state index in [-0.39, 0.29) is 6.07 Å². The van der Waals surface area contributed by atoms with Crippen LogP contribution in [-0.4, -0.2) is 17.1 Å². The van der Waals surface area contributed by atoms with Crippen LogP contribution in [-0.2, 0) is 23.6 Å². The van der Waals surface area contributed by atoms with Crippen LogP contribution < -0.4 is 5.73 Å². The molecule has 0 saturated carbocycles. The zero-order valence-corrected chi connectivity index (χ0v) is 9.72. The Labute approximate surface area is 109 Å².